The van der Waals surface area contributed by atoms with Crippen LogP contribution in [0.15, 0.2) is 53.5 Å². The minimum absolute atomic E-state index is 0.710. The van der Waals surface area contributed by atoms with Crippen LogP contribution in [0.25, 0.3) is 10.9 Å². The van der Waals surface area contributed by atoms with Gasteiger partial charge < -0.3 is 15.6 Å². The molecule has 24 heavy (non-hydrogen) atoms. The number of rotatable bonds is 4. The Morgan fingerprint density at radius 2 is 1.79 bits per heavy atom. The smallest absolute Gasteiger partial charge is 0.191 e. The third kappa shape index (κ3) is 3.77. The molecular formula is C20H24N4. The summed E-state index contributed by atoms with van der Waals surface area (Å²) in [6.07, 6.45) is 0. The molecule has 0 aliphatic heterocycles. The van der Waals surface area contributed by atoms with E-state index in [1.165, 1.54) is 22.1 Å². The fourth-order valence-electron chi connectivity index (χ4n) is 2.85. The first kappa shape index (κ1) is 16.1. The van der Waals surface area contributed by atoms with Gasteiger partial charge in [-0.15, -0.1) is 0 Å². The largest absolute Gasteiger partial charge is 0.357 e. The standard InChI is InChI=1S/C20H24N4/c1-14-8-9-17(15(2)10-14)12-22-20(21-3)23-13-18-11-16-6-4-5-7-19(16)24-18/h4-11,24H,12-13H2,1-3H3,(H2,21,22,23). The van der Waals surface area contributed by atoms with Crippen molar-refractivity contribution in [2.24, 2.45) is 4.99 Å². The number of aromatic nitrogens is 1. The molecule has 3 N–H and O–H groups in total. The average Bonchev–Trinajstić information content (AvgIpc) is 2.99. The number of nitrogens with one attached hydrogen (secondary N) is 3. The highest BCUT2D eigenvalue weighted by molar-refractivity contribution is 5.81. The maximum absolute atomic E-state index is 4.30. The second-order valence-electron chi connectivity index (χ2n) is 6.09. The Morgan fingerprint density at radius 1 is 1.00 bits per heavy atom. The van der Waals surface area contributed by atoms with E-state index in [1.54, 1.807) is 7.05 Å². The summed E-state index contributed by atoms with van der Waals surface area (Å²) in [7, 11) is 1.79. The molecule has 124 valence electrons. The number of aliphatic imine (C=N–C) groups is 1. The van der Waals surface area contributed by atoms with Crippen LogP contribution in [0.2, 0.25) is 0 Å². The van der Waals surface area contributed by atoms with E-state index in [4.69, 9.17) is 0 Å². The van der Waals surface area contributed by atoms with Crippen molar-refractivity contribution in [1.82, 2.24) is 15.6 Å². The highest BCUT2D eigenvalue weighted by Gasteiger charge is 2.03. The van der Waals surface area contributed by atoms with Gasteiger partial charge in [-0.1, -0.05) is 42.0 Å². The molecule has 4 nitrogen and oxygen atoms in total. The monoisotopic (exact) mass is 320 g/mol. The number of hydrogen-bond acceptors (Lipinski definition) is 1. The summed E-state index contributed by atoms with van der Waals surface area (Å²) in [5, 5.41) is 7.96. The van der Waals surface area contributed by atoms with Crippen LogP contribution in [0.1, 0.15) is 22.4 Å². The fourth-order valence-corrected chi connectivity index (χ4v) is 2.85. The maximum atomic E-state index is 4.30. The van der Waals surface area contributed by atoms with E-state index in [0.29, 0.717) is 6.54 Å². The molecule has 3 aromatic rings. The van der Waals surface area contributed by atoms with Gasteiger partial charge in [0.1, 0.15) is 0 Å². The first-order valence-corrected chi connectivity index (χ1v) is 8.23. The second-order valence-corrected chi connectivity index (χ2v) is 6.09. The first-order valence-electron chi connectivity index (χ1n) is 8.23. The molecule has 0 saturated heterocycles. The highest BCUT2D eigenvalue weighted by Crippen LogP contribution is 2.14. The Kier molecular flexibility index (Phi) is 4.85. The number of aryl methyl sites for hydroxylation is 2. The highest BCUT2D eigenvalue weighted by atomic mass is 15.2. The molecule has 0 aliphatic rings. The van der Waals surface area contributed by atoms with Gasteiger partial charge in [0.05, 0.1) is 6.54 Å². The maximum Gasteiger partial charge on any atom is 0.191 e. The van der Waals surface area contributed by atoms with Crippen molar-refractivity contribution in [2.45, 2.75) is 26.9 Å². The lowest BCUT2D eigenvalue weighted by Gasteiger charge is -2.13. The number of aromatic amines is 1. The third-order valence-corrected chi connectivity index (χ3v) is 4.20. The van der Waals surface area contributed by atoms with Gasteiger partial charge >= 0.3 is 0 Å². The first-order chi connectivity index (χ1) is 11.7. The van der Waals surface area contributed by atoms with Crippen molar-refractivity contribution in [1.29, 1.82) is 0 Å². The van der Waals surface area contributed by atoms with Gasteiger partial charge in [-0.25, -0.2) is 0 Å². The fraction of sp³-hybridized carbons (Fsp3) is 0.250. The van der Waals surface area contributed by atoms with Gasteiger partial charge in [0.15, 0.2) is 5.96 Å². The Labute approximate surface area is 143 Å². The van der Waals surface area contributed by atoms with Gasteiger partial charge in [-0.2, -0.15) is 0 Å². The minimum atomic E-state index is 0.710. The Bertz CT molecular complexity index is 828. The van der Waals surface area contributed by atoms with Gasteiger partial charge in [0.2, 0.25) is 0 Å². The lowest BCUT2D eigenvalue weighted by molar-refractivity contribution is 0.797. The van der Waals surface area contributed by atoms with Crippen LogP contribution in [0.5, 0.6) is 0 Å². The van der Waals surface area contributed by atoms with Crippen molar-refractivity contribution in [3.63, 3.8) is 0 Å². The molecule has 0 fully saturated rings. The predicted molar refractivity (Wildman–Crippen MR) is 101 cm³/mol. The van der Waals surface area contributed by atoms with E-state index >= 15 is 0 Å². The van der Waals surface area contributed by atoms with E-state index in [2.05, 4.69) is 76.9 Å². The molecule has 1 heterocycles. The summed E-state index contributed by atoms with van der Waals surface area (Å²) in [6, 6.07) is 17.0. The number of guanidine groups is 1. The van der Waals surface area contributed by atoms with Crippen molar-refractivity contribution < 1.29 is 0 Å². The normalized spacial score (nSPS) is 11.7. The SMILES string of the molecule is CN=C(NCc1cc2ccccc2[nH]1)NCc1ccc(C)cc1C. The molecule has 3 rings (SSSR count). The van der Waals surface area contributed by atoms with E-state index in [1.807, 2.05) is 6.07 Å². The third-order valence-electron chi connectivity index (χ3n) is 4.20. The Morgan fingerprint density at radius 3 is 2.54 bits per heavy atom. The molecule has 0 radical (unpaired) electrons. The quantitative estimate of drug-likeness (QED) is 0.508. The summed E-state index contributed by atoms with van der Waals surface area (Å²) in [5.41, 5.74) is 6.18. The molecule has 0 unspecified atom stereocenters. The lowest BCUT2D eigenvalue weighted by atomic mass is 10.1. The molecule has 0 bridgehead atoms. The molecule has 0 saturated carbocycles. The van der Waals surface area contributed by atoms with Crippen LogP contribution in [0, 0.1) is 13.8 Å². The van der Waals surface area contributed by atoms with Crippen LogP contribution in [-0.2, 0) is 13.1 Å². The number of para-hydroxylation sites is 1. The van der Waals surface area contributed by atoms with E-state index in [0.717, 1.165) is 23.7 Å². The second kappa shape index (κ2) is 7.21. The van der Waals surface area contributed by atoms with E-state index in [-0.39, 0.29) is 0 Å². The van der Waals surface area contributed by atoms with Crippen LogP contribution in [-0.4, -0.2) is 18.0 Å². The number of H-pyrrole nitrogens is 1. The number of fused-ring (bicyclic) bond motifs is 1. The topological polar surface area (TPSA) is 52.2 Å². The van der Waals surface area contributed by atoms with Crippen molar-refractivity contribution in [3.05, 3.63) is 70.9 Å². The molecule has 1 aromatic heterocycles. The van der Waals surface area contributed by atoms with Gasteiger partial charge in [-0.3, -0.25) is 4.99 Å². The molecule has 0 atom stereocenters. The summed E-state index contributed by atoms with van der Waals surface area (Å²) in [6.45, 7) is 5.73. The van der Waals surface area contributed by atoms with Gasteiger partial charge in [0.25, 0.3) is 0 Å². The molecular weight excluding hydrogens is 296 g/mol. The van der Waals surface area contributed by atoms with Crippen molar-refractivity contribution >= 4 is 16.9 Å². The lowest BCUT2D eigenvalue weighted by Crippen LogP contribution is -2.36. The molecule has 0 spiro atoms. The van der Waals surface area contributed by atoms with E-state index < -0.39 is 0 Å². The summed E-state index contributed by atoms with van der Waals surface area (Å²) >= 11 is 0. The average molecular weight is 320 g/mol. The van der Waals surface area contributed by atoms with E-state index in [9.17, 15) is 0 Å². The number of hydrogen-bond donors (Lipinski definition) is 3. The van der Waals surface area contributed by atoms with Crippen LogP contribution < -0.4 is 10.6 Å². The zero-order valence-corrected chi connectivity index (χ0v) is 14.5. The zero-order valence-electron chi connectivity index (χ0n) is 14.5. The zero-order chi connectivity index (χ0) is 16.9. The Hall–Kier alpha value is -2.75. The molecule has 2 aromatic carbocycles. The van der Waals surface area contributed by atoms with Crippen molar-refractivity contribution in [3.8, 4) is 0 Å². The summed E-state index contributed by atoms with van der Waals surface area (Å²) in [5.74, 6) is 0.800. The number of benzene rings is 2. The van der Waals surface area contributed by atoms with Gasteiger partial charge in [-0.05, 0) is 42.5 Å². The summed E-state index contributed by atoms with van der Waals surface area (Å²) < 4.78 is 0. The molecule has 4 heteroatoms. The minimum Gasteiger partial charge on any atom is -0.357 e. The van der Waals surface area contributed by atoms with Crippen molar-refractivity contribution in [2.75, 3.05) is 7.05 Å². The summed E-state index contributed by atoms with van der Waals surface area (Å²) in [4.78, 5) is 7.72. The van der Waals surface area contributed by atoms with Crippen LogP contribution >= 0.6 is 0 Å². The van der Waals surface area contributed by atoms with Gasteiger partial charge in [0, 0.05) is 24.8 Å². The predicted octanol–water partition coefficient (Wildman–Crippen LogP) is 3.65. The van der Waals surface area contributed by atoms with Crippen LogP contribution in [0.3, 0.4) is 0 Å². The Balaban J connectivity index is 1.58. The molecule has 0 aliphatic carbocycles. The number of nitrogens with zero attached hydrogens (tertiary/aromatic N) is 1. The molecule has 0 amide bonds. The van der Waals surface area contributed by atoms with Crippen LogP contribution in [0.4, 0.5) is 0 Å².